The molecule has 1 aromatic heterocycles. The van der Waals surface area contributed by atoms with E-state index in [0.717, 1.165) is 6.92 Å². The Bertz CT molecular complexity index is 518. The van der Waals surface area contributed by atoms with Crippen molar-refractivity contribution >= 4 is 17.8 Å². The highest BCUT2D eigenvalue weighted by molar-refractivity contribution is 5.96. The standard InChI is InChI=1S/C12H14N2O6/c1-12(11(18)19,5-2-9(15)16)14(20)10(17)8-3-6-13-7-4-8/h3-4,6-7,20H,2,5H2,1H3,(H,15,16)(H,18,19). The van der Waals surface area contributed by atoms with Gasteiger partial charge in [0.2, 0.25) is 0 Å². The third kappa shape index (κ3) is 3.29. The second kappa shape index (κ2) is 6.11. The lowest BCUT2D eigenvalue weighted by Gasteiger charge is -2.32. The lowest BCUT2D eigenvalue weighted by atomic mass is 9.94. The van der Waals surface area contributed by atoms with Crippen molar-refractivity contribution in [1.29, 1.82) is 0 Å². The average Bonchev–Trinajstić information content (AvgIpc) is 2.43. The number of carboxylic acid groups (broad SMARTS) is 2. The monoisotopic (exact) mass is 282 g/mol. The summed E-state index contributed by atoms with van der Waals surface area (Å²) in [4.78, 5) is 37.5. The summed E-state index contributed by atoms with van der Waals surface area (Å²) in [6, 6.07) is 2.62. The Hall–Kier alpha value is -2.48. The SMILES string of the molecule is CC(CCC(=O)O)(C(=O)O)N(O)C(=O)c1ccncc1. The van der Waals surface area contributed by atoms with Crippen LogP contribution in [0.1, 0.15) is 30.1 Å². The maximum atomic E-state index is 12.0. The maximum Gasteiger partial charge on any atom is 0.331 e. The molecular formula is C12H14N2O6. The molecule has 0 aliphatic carbocycles. The lowest BCUT2D eigenvalue weighted by molar-refractivity contribution is -0.177. The van der Waals surface area contributed by atoms with Gasteiger partial charge in [0.1, 0.15) is 0 Å². The molecule has 1 rings (SSSR count). The largest absolute Gasteiger partial charge is 0.481 e. The highest BCUT2D eigenvalue weighted by Crippen LogP contribution is 2.22. The molecule has 0 saturated heterocycles. The molecule has 1 aromatic rings. The number of carbonyl (C=O) groups is 3. The highest BCUT2D eigenvalue weighted by Gasteiger charge is 2.42. The van der Waals surface area contributed by atoms with Gasteiger partial charge in [0, 0.05) is 24.4 Å². The van der Waals surface area contributed by atoms with Crippen molar-refractivity contribution in [3.63, 3.8) is 0 Å². The van der Waals surface area contributed by atoms with Gasteiger partial charge < -0.3 is 10.2 Å². The first-order valence-corrected chi connectivity index (χ1v) is 5.67. The quantitative estimate of drug-likeness (QED) is 0.515. The summed E-state index contributed by atoms with van der Waals surface area (Å²) in [6.07, 6.45) is 1.71. The first-order chi connectivity index (χ1) is 9.29. The summed E-state index contributed by atoms with van der Waals surface area (Å²) in [5, 5.41) is 27.7. The molecule has 8 heteroatoms. The van der Waals surface area contributed by atoms with Crippen LogP contribution in [0.25, 0.3) is 0 Å². The molecule has 0 aromatic carbocycles. The molecule has 0 saturated carbocycles. The van der Waals surface area contributed by atoms with E-state index in [0.29, 0.717) is 0 Å². The van der Waals surface area contributed by atoms with Crippen LogP contribution in [0.2, 0.25) is 0 Å². The topological polar surface area (TPSA) is 128 Å². The minimum atomic E-state index is -2.03. The zero-order valence-corrected chi connectivity index (χ0v) is 10.7. The smallest absolute Gasteiger partial charge is 0.331 e. The number of hydrogen-bond acceptors (Lipinski definition) is 5. The van der Waals surface area contributed by atoms with E-state index in [2.05, 4.69) is 4.98 Å². The number of carbonyl (C=O) groups excluding carboxylic acids is 1. The molecule has 0 aliphatic heterocycles. The third-order valence-corrected chi connectivity index (χ3v) is 2.87. The Morgan fingerprint density at radius 3 is 2.25 bits per heavy atom. The summed E-state index contributed by atoms with van der Waals surface area (Å²) in [6.45, 7) is 1.08. The molecule has 1 atom stereocenters. The van der Waals surface area contributed by atoms with Crippen molar-refractivity contribution in [1.82, 2.24) is 10.0 Å². The maximum absolute atomic E-state index is 12.0. The van der Waals surface area contributed by atoms with Crippen LogP contribution >= 0.6 is 0 Å². The number of rotatable bonds is 6. The molecule has 3 N–H and O–H groups in total. The number of amides is 1. The Balaban J connectivity index is 2.99. The summed E-state index contributed by atoms with van der Waals surface area (Å²) in [5.41, 5.74) is -1.98. The van der Waals surface area contributed by atoms with E-state index in [1.165, 1.54) is 24.5 Å². The van der Waals surface area contributed by atoms with Crippen LogP contribution < -0.4 is 0 Å². The number of pyridine rings is 1. The second-order valence-corrected chi connectivity index (χ2v) is 4.33. The normalized spacial score (nSPS) is 13.3. The summed E-state index contributed by atoms with van der Waals surface area (Å²) in [5.74, 6) is -3.66. The molecule has 1 amide bonds. The summed E-state index contributed by atoms with van der Waals surface area (Å²) in [7, 11) is 0. The zero-order chi connectivity index (χ0) is 15.3. The van der Waals surface area contributed by atoms with E-state index in [1.807, 2.05) is 0 Å². The van der Waals surface area contributed by atoms with Gasteiger partial charge in [0.25, 0.3) is 5.91 Å². The van der Waals surface area contributed by atoms with Gasteiger partial charge in [0.05, 0.1) is 0 Å². The number of hydrogen-bond donors (Lipinski definition) is 3. The predicted octanol–water partition coefficient (Wildman–Crippen LogP) is 0.621. The van der Waals surface area contributed by atoms with E-state index in [1.54, 1.807) is 0 Å². The van der Waals surface area contributed by atoms with Crippen LogP contribution in [-0.4, -0.2) is 48.9 Å². The van der Waals surface area contributed by atoms with Crippen LogP contribution in [0.3, 0.4) is 0 Å². The second-order valence-electron chi connectivity index (χ2n) is 4.33. The fourth-order valence-electron chi connectivity index (χ4n) is 1.49. The lowest BCUT2D eigenvalue weighted by Crippen LogP contribution is -2.53. The number of nitrogens with zero attached hydrogens (tertiary/aromatic N) is 2. The van der Waals surface area contributed by atoms with Gasteiger partial charge in [-0.1, -0.05) is 0 Å². The Labute approximate surface area is 114 Å². The molecule has 1 unspecified atom stereocenters. The van der Waals surface area contributed by atoms with E-state index in [9.17, 15) is 19.6 Å². The molecule has 0 bridgehead atoms. The fourth-order valence-corrected chi connectivity index (χ4v) is 1.49. The fraction of sp³-hybridized carbons (Fsp3) is 0.333. The molecule has 0 radical (unpaired) electrons. The Morgan fingerprint density at radius 1 is 1.25 bits per heavy atom. The van der Waals surface area contributed by atoms with Crippen molar-refractivity contribution in [3.8, 4) is 0 Å². The minimum absolute atomic E-state index is 0.0466. The van der Waals surface area contributed by atoms with Gasteiger partial charge >= 0.3 is 11.9 Å². The molecule has 20 heavy (non-hydrogen) atoms. The molecule has 0 aliphatic rings. The van der Waals surface area contributed by atoms with Gasteiger partial charge in [-0.2, -0.15) is 0 Å². The van der Waals surface area contributed by atoms with Crippen LogP contribution in [-0.2, 0) is 9.59 Å². The van der Waals surface area contributed by atoms with E-state index >= 15 is 0 Å². The zero-order valence-electron chi connectivity index (χ0n) is 10.7. The first-order valence-electron chi connectivity index (χ1n) is 5.67. The van der Waals surface area contributed by atoms with Crippen molar-refractivity contribution in [2.45, 2.75) is 25.3 Å². The molecule has 0 fully saturated rings. The van der Waals surface area contributed by atoms with Gasteiger partial charge in [-0.3, -0.25) is 19.8 Å². The molecule has 8 nitrogen and oxygen atoms in total. The average molecular weight is 282 g/mol. The molecular weight excluding hydrogens is 268 g/mol. The highest BCUT2D eigenvalue weighted by atomic mass is 16.5. The predicted molar refractivity (Wildman–Crippen MR) is 65.1 cm³/mol. The summed E-state index contributed by atoms with van der Waals surface area (Å²) < 4.78 is 0. The van der Waals surface area contributed by atoms with Gasteiger partial charge in [-0.25, -0.2) is 9.86 Å². The van der Waals surface area contributed by atoms with E-state index < -0.39 is 36.2 Å². The Morgan fingerprint density at radius 2 is 1.80 bits per heavy atom. The Kier molecular flexibility index (Phi) is 4.76. The third-order valence-electron chi connectivity index (χ3n) is 2.87. The van der Waals surface area contributed by atoms with Crippen molar-refractivity contribution in [2.24, 2.45) is 0 Å². The van der Waals surface area contributed by atoms with Crippen molar-refractivity contribution in [3.05, 3.63) is 30.1 Å². The number of aliphatic carboxylic acids is 2. The molecule has 0 spiro atoms. The van der Waals surface area contributed by atoms with Crippen molar-refractivity contribution < 1.29 is 29.8 Å². The van der Waals surface area contributed by atoms with E-state index in [-0.39, 0.29) is 10.6 Å². The molecule has 108 valence electrons. The minimum Gasteiger partial charge on any atom is -0.481 e. The van der Waals surface area contributed by atoms with Gasteiger partial charge in [0.15, 0.2) is 5.54 Å². The first kappa shape index (κ1) is 15.6. The number of carboxylic acids is 2. The summed E-state index contributed by atoms with van der Waals surface area (Å²) >= 11 is 0. The van der Waals surface area contributed by atoms with Crippen LogP contribution in [0, 0.1) is 0 Å². The van der Waals surface area contributed by atoms with Gasteiger partial charge in [-0.15, -0.1) is 0 Å². The van der Waals surface area contributed by atoms with Crippen molar-refractivity contribution in [2.75, 3.05) is 0 Å². The van der Waals surface area contributed by atoms with Crippen LogP contribution in [0.5, 0.6) is 0 Å². The van der Waals surface area contributed by atoms with E-state index in [4.69, 9.17) is 10.2 Å². The van der Waals surface area contributed by atoms with Crippen LogP contribution in [0.4, 0.5) is 0 Å². The van der Waals surface area contributed by atoms with Crippen LogP contribution in [0.15, 0.2) is 24.5 Å². The van der Waals surface area contributed by atoms with Gasteiger partial charge in [-0.05, 0) is 25.5 Å². The number of hydroxylamine groups is 2. The molecule has 1 heterocycles. The number of aromatic nitrogens is 1.